The summed E-state index contributed by atoms with van der Waals surface area (Å²) in [5.41, 5.74) is 8.69. The summed E-state index contributed by atoms with van der Waals surface area (Å²) < 4.78 is 5.49. The first-order valence-electron chi connectivity index (χ1n) is 8.19. The van der Waals surface area contributed by atoms with E-state index in [2.05, 4.69) is 0 Å². The highest BCUT2D eigenvalue weighted by molar-refractivity contribution is 5.94. The number of ether oxygens (including phenoxy) is 1. The van der Waals surface area contributed by atoms with Crippen molar-refractivity contribution in [2.24, 2.45) is 5.92 Å². The van der Waals surface area contributed by atoms with Crippen LogP contribution in [0.2, 0.25) is 0 Å². The van der Waals surface area contributed by atoms with Gasteiger partial charge in [0.1, 0.15) is 5.76 Å². The van der Waals surface area contributed by atoms with E-state index in [9.17, 15) is 9.90 Å². The maximum Gasteiger partial charge on any atom is 0.339 e. The average molecular weight is 321 g/mol. The Morgan fingerprint density at radius 2 is 1.83 bits per heavy atom. The van der Waals surface area contributed by atoms with E-state index in [1.165, 1.54) is 0 Å². The number of aliphatic hydroxyl groups excluding tert-OH is 1. The summed E-state index contributed by atoms with van der Waals surface area (Å²) in [6.45, 7) is 0. The van der Waals surface area contributed by atoms with Gasteiger partial charge < -0.3 is 15.6 Å². The highest BCUT2D eigenvalue weighted by Gasteiger charge is 2.45. The van der Waals surface area contributed by atoms with Gasteiger partial charge in [0, 0.05) is 17.2 Å². The molecule has 2 aliphatic rings. The summed E-state index contributed by atoms with van der Waals surface area (Å²) in [5.74, 6) is -0.202. The van der Waals surface area contributed by atoms with Gasteiger partial charge >= 0.3 is 5.97 Å². The fourth-order valence-electron chi connectivity index (χ4n) is 3.47. The van der Waals surface area contributed by atoms with Crippen molar-refractivity contribution in [2.45, 2.75) is 24.9 Å². The molecule has 0 radical (unpaired) electrons. The lowest BCUT2D eigenvalue weighted by atomic mass is 9.85. The Labute approximate surface area is 140 Å². The van der Waals surface area contributed by atoms with Gasteiger partial charge in [-0.1, -0.05) is 42.5 Å². The monoisotopic (exact) mass is 321 g/mol. The van der Waals surface area contributed by atoms with Crippen molar-refractivity contribution in [3.05, 3.63) is 77.1 Å². The van der Waals surface area contributed by atoms with E-state index in [1.54, 1.807) is 0 Å². The molecule has 0 spiro atoms. The summed E-state index contributed by atoms with van der Waals surface area (Å²) in [7, 11) is 0. The molecule has 0 amide bonds. The second-order valence-electron chi connectivity index (χ2n) is 6.48. The van der Waals surface area contributed by atoms with E-state index in [4.69, 9.17) is 10.5 Å². The van der Waals surface area contributed by atoms with Gasteiger partial charge in [0.15, 0.2) is 6.10 Å². The largest absolute Gasteiger partial charge is 0.507 e. The van der Waals surface area contributed by atoms with Crippen molar-refractivity contribution < 1.29 is 14.6 Å². The first kappa shape index (κ1) is 14.8. The van der Waals surface area contributed by atoms with E-state index in [-0.39, 0.29) is 11.7 Å². The molecule has 4 nitrogen and oxygen atoms in total. The molecule has 1 aliphatic heterocycles. The van der Waals surface area contributed by atoms with Gasteiger partial charge in [0.05, 0.1) is 5.57 Å². The molecule has 1 fully saturated rings. The summed E-state index contributed by atoms with van der Waals surface area (Å²) in [5, 5.41) is 10.8. The Bertz CT molecular complexity index is 809. The number of cyclic esters (lactones) is 1. The predicted molar refractivity (Wildman–Crippen MR) is 91.2 cm³/mol. The minimum absolute atomic E-state index is 0.0329. The number of nitrogens with two attached hydrogens (primary N) is 1. The van der Waals surface area contributed by atoms with Crippen LogP contribution in [0.5, 0.6) is 0 Å². The van der Waals surface area contributed by atoms with Gasteiger partial charge in [0.25, 0.3) is 0 Å². The average Bonchev–Trinajstić information content (AvgIpc) is 3.37. The second-order valence-corrected chi connectivity index (χ2v) is 6.48. The molecule has 0 aromatic heterocycles. The van der Waals surface area contributed by atoms with Crippen molar-refractivity contribution in [2.75, 3.05) is 5.73 Å². The Morgan fingerprint density at radius 1 is 1.08 bits per heavy atom. The van der Waals surface area contributed by atoms with Crippen LogP contribution in [-0.2, 0) is 9.53 Å². The quantitative estimate of drug-likeness (QED) is 0.662. The van der Waals surface area contributed by atoms with Gasteiger partial charge in [-0.3, -0.25) is 0 Å². The molecular formula is C20H19NO3. The summed E-state index contributed by atoms with van der Waals surface area (Å²) in [4.78, 5) is 12.5. The lowest BCUT2D eigenvalue weighted by Gasteiger charge is -2.17. The zero-order valence-corrected chi connectivity index (χ0v) is 13.2. The minimum Gasteiger partial charge on any atom is -0.507 e. The van der Waals surface area contributed by atoms with Crippen LogP contribution in [0.1, 0.15) is 36.0 Å². The molecular weight excluding hydrogens is 302 g/mol. The Balaban J connectivity index is 1.77. The third-order valence-electron chi connectivity index (χ3n) is 4.75. The number of anilines is 1. The molecule has 1 saturated carbocycles. The van der Waals surface area contributed by atoms with Crippen molar-refractivity contribution >= 4 is 11.7 Å². The number of esters is 1. The number of hydrogen-bond acceptors (Lipinski definition) is 4. The molecule has 24 heavy (non-hydrogen) atoms. The molecule has 1 unspecified atom stereocenters. The van der Waals surface area contributed by atoms with Gasteiger partial charge in [-0.15, -0.1) is 0 Å². The van der Waals surface area contributed by atoms with Crippen molar-refractivity contribution in [1.82, 2.24) is 0 Å². The van der Waals surface area contributed by atoms with Gasteiger partial charge in [0.2, 0.25) is 0 Å². The molecule has 0 saturated heterocycles. The molecule has 4 heteroatoms. The molecule has 4 rings (SSSR count). The molecule has 1 aliphatic carbocycles. The number of carbonyl (C=O) groups excluding carboxylic acids is 1. The Kier molecular flexibility index (Phi) is 3.53. The normalized spacial score (nSPS) is 21.7. The van der Waals surface area contributed by atoms with E-state index in [0.717, 1.165) is 24.0 Å². The topological polar surface area (TPSA) is 72.6 Å². The fraction of sp³-hybridized carbons (Fsp3) is 0.250. The van der Waals surface area contributed by atoms with Gasteiger partial charge in [-0.05, 0) is 36.5 Å². The molecule has 2 aromatic rings. The van der Waals surface area contributed by atoms with Crippen LogP contribution in [-0.4, -0.2) is 11.1 Å². The molecule has 2 aromatic carbocycles. The maximum atomic E-state index is 12.5. The highest BCUT2D eigenvalue weighted by atomic mass is 16.6. The van der Waals surface area contributed by atoms with Crippen molar-refractivity contribution in [1.29, 1.82) is 0 Å². The molecule has 0 bridgehead atoms. The zero-order chi connectivity index (χ0) is 16.7. The number of hydrogen-bond donors (Lipinski definition) is 2. The van der Waals surface area contributed by atoms with Crippen LogP contribution < -0.4 is 5.73 Å². The summed E-state index contributed by atoms with van der Waals surface area (Å²) >= 11 is 0. The first-order chi connectivity index (χ1) is 11.6. The molecule has 2 atom stereocenters. The lowest BCUT2D eigenvalue weighted by molar-refractivity contribution is -0.140. The minimum atomic E-state index is -0.712. The fourth-order valence-corrected chi connectivity index (χ4v) is 3.47. The zero-order valence-electron chi connectivity index (χ0n) is 13.2. The standard InChI is InChI=1S/C20H19NO3/c21-15-8-4-7-14(11-15)16(12-9-10-12)17-18(22)19(24-20(17)23)13-5-2-1-3-6-13/h1-8,11-12,16,19,22H,9-10,21H2/t16?,19-/m0/s1. The molecule has 3 N–H and O–H groups in total. The third kappa shape index (κ3) is 2.54. The number of benzene rings is 2. The van der Waals surface area contributed by atoms with E-state index < -0.39 is 12.1 Å². The Hall–Kier alpha value is -2.75. The van der Waals surface area contributed by atoms with Crippen molar-refractivity contribution in [3.8, 4) is 0 Å². The van der Waals surface area contributed by atoms with Crippen LogP contribution in [0.25, 0.3) is 0 Å². The third-order valence-corrected chi connectivity index (χ3v) is 4.75. The van der Waals surface area contributed by atoms with E-state index in [1.807, 2.05) is 54.6 Å². The van der Waals surface area contributed by atoms with Crippen LogP contribution in [0.3, 0.4) is 0 Å². The number of aliphatic hydroxyl groups is 1. The number of carbonyl (C=O) groups is 1. The van der Waals surface area contributed by atoms with Gasteiger partial charge in [-0.25, -0.2) is 4.79 Å². The lowest BCUT2D eigenvalue weighted by Crippen LogP contribution is -2.12. The number of rotatable bonds is 4. The van der Waals surface area contributed by atoms with Crippen LogP contribution in [0, 0.1) is 5.92 Å². The predicted octanol–water partition coefficient (Wildman–Crippen LogP) is 3.87. The van der Waals surface area contributed by atoms with Crippen LogP contribution in [0.15, 0.2) is 65.9 Å². The van der Waals surface area contributed by atoms with Crippen molar-refractivity contribution in [3.63, 3.8) is 0 Å². The van der Waals surface area contributed by atoms with Crippen LogP contribution in [0.4, 0.5) is 5.69 Å². The van der Waals surface area contributed by atoms with Gasteiger partial charge in [-0.2, -0.15) is 0 Å². The maximum absolute atomic E-state index is 12.5. The first-order valence-corrected chi connectivity index (χ1v) is 8.19. The molecule has 122 valence electrons. The molecule has 1 heterocycles. The highest BCUT2D eigenvalue weighted by Crippen LogP contribution is 2.51. The number of nitrogen functional groups attached to an aromatic ring is 1. The van der Waals surface area contributed by atoms with E-state index >= 15 is 0 Å². The Morgan fingerprint density at radius 3 is 2.50 bits per heavy atom. The summed E-state index contributed by atoms with van der Waals surface area (Å²) in [6.07, 6.45) is 1.37. The van der Waals surface area contributed by atoms with Crippen LogP contribution >= 0.6 is 0 Å². The summed E-state index contributed by atoms with van der Waals surface area (Å²) in [6, 6.07) is 16.9. The van der Waals surface area contributed by atoms with E-state index in [0.29, 0.717) is 17.2 Å². The SMILES string of the molecule is Nc1cccc(C(C2=C(O)[C@H](c3ccccc3)OC2=O)C2CC2)c1. The smallest absolute Gasteiger partial charge is 0.339 e. The second kappa shape index (κ2) is 5.71.